The van der Waals surface area contributed by atoms with Crippen LogP contribution in [0, 0.1) is 0 Å². The van der Waals surface area contributed by atoms with Crippen molar-refractivity contribution in [2.45, 2.75) is 32.3 Å². The normalized spacial score (nSPS) is 15.4. The highest BCUT2D eigenvalue weighted by atomic mass is 16.5. The van der Waals surface area contributed by atoms with Gasteiger partial charge >= 0.3 is 0 Å². The Morgan fingerprint density at radius 2 is 1.82 bits per heavy atom. The SMILES string of the molecule is CCOc1cccc(CCNC(=NC)N2CCC(Oc3ccccc3)CC2)c1. The number of aliphatic imine (C=N–C) groups is 1. The lowest BCUT2D eigenvalue weighted by atomic mass is 10.1. The first-order valence-electron chi connectivity index (χ1n) is 10.2. The highest BCUT2D eigenvalue weighted by Crippen LogP contribution is 2.19. The number of hydrogen-bond acceptors (Lipinski definition) is 3. The van der Waals surface area contributed by atoms with Crippen LogP contribution in [-0.4, -0.2) is 50.3 Å². The van der Waals surface area contributed by atoms with Crippen LogP contribution in [0.3, 0.4) is 0 Å². The molecule has 1 aliphatic heterocycles. The van der Waals surface area contributed by atoms with E-state index in [1.165, 1.54) is 5.56 Å². The summed E-state index contributed by atoms with van der Waals surface area (Å²) < 4.78 is 11.7. The number of hydrogen-bond donors (Lipinski definition) is 1. The number of ether oxygens (including phenoxy) is 2. The summed E-state index contributed by atoms with van der Waals surface area (Å²) in [6.07, 6.45) is 3.23. The molecule has 1 heterocycles. The second-order valence-corrected chi connectivity index (χ2v) is 6.92. The van der Waals surface area contributed by atoms with E-state index in [9.17, 15) is 0 Å². The fourth-order valence-corrected chi connectivity index (χ4v) is 3.49. The molecule has 0 amide bonds. The largest absolute Gasteiger partial charge is 0.494 e. The molecule has 0 spiro atoms. The molecule has 0 bridgehead atoms. The van der Waals surface area contributed by atoms with Gasteiger partial charge < -0.3 is 19.7 Å². The number of nitrogens with zero attached hydrogens (tertiary/aromatic N) is 2. The molecular weight excluding hydrogens is 350 g/mol. The number of rotatable bonds is 7. The van der Waals surface area contributed by atoms with Crippen molar-refractivity contribution in [3.8, 4) is 11.5 Å². The van der Waals surface area contributed by atoms with Gasteiger partial charge in [-0.1, -0.05) is 30.3 Å². The highest BCUT2D eigenvalue weighted by Gasteiger charge is 2.22. The van der Waals surface area contributed by atoms with Gasteiger partial charge in [-0.3, -0.25) is 4.99 Å². The van der Waals surface area contributed by atoms with Gasteiger partial charge in [0.25, 0.3) is 0 Å². The number of para-hydroxylation sites is 1. The van der Waals surface area contributed by atoms with Gasteiger partial charge in [0.05, 0.1) is 6.61 Å². The first-order valence-corrected chi connectivity index (χ1v) is 10.2. The van der Waals surface area contributed by atoms with E-state index in [1.54, 1.807) is 0 Å². The molecule has 3 rings (SSSR count). The predicted molar refractivity (Wildman–Crippen MR) is 114 cm³/mol. The Hall–Kier alpha value is -2.69. The fraction of sp³-hybridized carbons (Fsp3) is 0.435. The Bertz CT molecular complexity index is 741. The molecule has 0 radical (unpaired) electrons. The minimum absolute atomic E-state index is 0.276. The van der Waals surface area contributed by atoms with Crippen LogP contribution in [0.15, 0.2) is 59.6 Å². The molecule has 2 aromatic rings. The molecule has 2 aromatic carbocycles. The van der Waals surface area contributed by atoms with Crippen molar-refractivity contribution in [2.24, 2.45) is 4.99 Å². The van der Waals surface area contributed by atoms with Crippen molar-refractivity contribution >= 4 is 5.96 Å². The van der Waals surface area contributed by atoms with Crippen LogP contribution in [0.1, 0.15) is 25.3 Å². The standard InChI is InChI=1S/C23H31N3O2/c1-3-27-22-11-7-8-19(18-22)12-15-25-23(24-2)26-16-13-21(14-17-26)28-20-9-5-4-6-10-20/h4-11,18,21H,3,12-17H2,1-2H3,(H,24,25). The molecule has 0 aliphatic carbocycles. The third kappa shape index (κ3) is 5.91. The monoisotopic (exact) mass is 381 g/mol. The summed E-state index contributed by atoms with van der Waals surface area (Å²) in [6.45, 7) is 5.46. The Morgan fingerprint density at radius 3 is 2.54 bits per heavy atom. The lowest BCUT2D eigenvalue weighted by Crippen LogP contribution is -2.47. The quantitative estimate of drug-likeness (QED) is 0.586. The Morgan fingerprint density at radius 1 is 1.07 bits per heavy atom. The van der Waals surface area contributed by atoms with E-state index in [4.69, 9.17) is 9.47 Å². The van der Waals surface area contributed by atoms with E-state index in [-0.39, 0.29) is 6.10 Å². The van der Waals surface area contributed by atoms with E-state index in [1.807, 2.05) is 56.4 Å². The zero-order valence-corrected chi connectivity index (χ0v) is 16.9. The van der Waals surface area contributed by atoms with E-state index >= 15 is 0 Å². The third-order valence-corrected chi connectivity index (χ3v) is 4.91. The van der Waals surface area contributed by atoms with Crippen LogP contribution in [0.4, 0.5) is 0 Å². The topological polar surface area (TPSA) is 46.1 Å². The molecule has 1 N–H and O–H groups in total. The molecule has 28 heavy (non-hydrogen) atoms. The number of likely N-dealkylation sites (tertiary alicyclic amines) is 1. The first kappa shape index (κ1) is 20.1. The van der Waals surface area contributed by atoms with Gasteiger partial charge in [0, 0.05) is 39.5 Å². The number of guanidine groups is 1. The zero-order chi connectivity index (χ0) is 19.6. The summed E-state index contributed by atoms with van der Waals surface area (Å²) in [5.41, 5.74) is 1.27. The van der Waals surface area contributed by atoms with Crippen molar-refractivity contribution in [3.05, 3.63) is 60.2 Å². The molecule has 5 nitrogen and oxygen atoms in total. The van der Waals surface area contributed by atoms with Crippen molar-refractivity contribution < 1.29 is 9.47 Å². The van der Waals surface area contributed by atoms with Gasteiger partial charge in [0.2, 0.25) is 0 Å². The van der Waals surface area contributed by atoms with Crippen molar-refractivity contribution in [1.82, 2.24) is 10.2 Å². The lowest BCUT2D eigenvalue weighted by Gasteiger charge is -2.34. The molecule has 0 aromatic heterocycles. The smallest absolute Gasteiger partial charge is 0.193 e. The van der Waals surface area contributed by atoms with E-state index in [2.05, 4.69) is 27.3 Å². The Labute approximate surface area is 168 Å². The van der Waals surface area contributed by atoms with E-state index in [0.717, 1.165) is 56.4 Å². The summed E-state index contributed by atoms with van der Waals surface area (Å²) in [5.74, 6) is 2.86. The van der Waals surface area contributed by atoms with Gasteiger partial charge in [0.1, 0.15) is 17.6 Å². The Balaban J connectivity index is 1.43. The van der Waals surface area contributed by atoms with Crippen molar-refractivity contribution in [1.29, 1.82) is 0 Å². The third-order valence-electron chi connectivity index (χ3n) is 4.91. The van der Waals surface area contributed by atoms with Crippen LogP contribution in [0.25, 0.3) is 0 Å². The summed E-state index contributed by atoms with van der Waals surface area (Å²) in [6, 6.07) is 18.4. The van der Waals surface area contributed by atoms with Gasteiger partial charge in [-0.25, -0.2) is 0 Å². The number of benzene rings is 2. The van der Waals surface area contributed by atoms with E-state index < -0.39 is 0 Å². The second kappa shape index (κ2) is 10.6. The summed E-state index contributed by atoms with van der Waals surface area (Å²) >= 11 is 0. The number of nitrogens with one attached hydrogen (secondary N) is 1. The zero-order valence-electron chi connectivity index (χ0n) is 16.9. The lowest BCUT2D eigenvalue weighted by molar-refractivity contribution is 0.129. The van der Waals surface area contributed by atoms with Gasteiger partial charge in [0.15, 0.2) is 5.96 Å². The minimum Gasteiger partial charge on any atom is -0.494 e. The molecule has 0 atom stereocenters. The van der Waals surface area contributed by atoms with Crippen LogP contribution in [0.2, 0.25) is 0 Å². The molecular formula is C23H31N3O2. The summed E-state index contributed by atoms with van der Waals surface area (Å²) in [4.78, 5) is 6.79. The molecule has 1 fully saturated rings. The van der Waals surface area contributed by atoms with Crippen LogP contribution in [-0.2, 0) is 6.42 Å². The van der Waals surface area contributed by atoms with Gasteiger partial charge in [-0.2, -0.15) is 0 Å². The molecule has 0 unspecified atom stereocenters. The highest BCUT2D eigenvalue weighted by molar-refractivity contribution is 5.80. The van der Waals surface area contributed by atoms with Gasteiger partial charge in [-0.05, 0) is 43.2 Å². The van der Waals surface area contributed by atoms with Crippen LogP contribution < -0.4 is 14.8 Å². The Kier molecular flexibility index (Phi) is 7.59. The minimum atomic E-state index is 0.276. The molecule has 1 aliphatic rings. The van der Waals surface area contributed by atoms with Crippen LogP contribution in [0.5, 0.6) is 11.5 Å². The number of piperidine rings is 1. The first-order chi connectivity index (χ1) is 13.8. The average Bonchev–Trinajstić information content (AvgIpc) is 2.73. The van der Waals surface area contributed by atoms with E-state index in [0.29, 0.717) is 6.61 Å². The molecule has 5 heteroatoms. The molecule has 0 saturated carbocycles. The summed E-state index contributed by atoms with van der Waals surface area (Å²) in [7, 11) is 1.85. The average molecular weight is 382 g/mol. The van der Waals surface area contributed by atoms with Gasteiger partial charge in [-0.15, -0.1) is 0 Å². The van der Waals surface area contributed by atoms with Crippen LogP contribution >= 0.6 is 0 Å². The maximum atomic E-state index is 6.09. The summed E-state index contributed by atoms with van der Waals surface area (Å²) in [5, 5.41) is 3.50. The second-order valence-electron chi connectivity index (χ2n) is 6.92. The maximum Gasteiger partial charge on any atom is 0.193 e. The molecule has 1 saturated heterocycles. The predicted octanol–water partition coefficient (Wildman–Crippen LogP) is 3.75. The fourth-order valence-electron chi connectivity index (χ4n) is 3.49. The van der Waals surface area contributed by atoms with Crippen molar-refractivity contribution in [3.63, 3.8) is 0 Å². The van der Waals surface area contributed by atoms with Crippen molar-refractivity contribution in [2.75, 3.05) is 33.3 Å². The molecule has 150 valence electrons. The maximum absolute atomic E-state index is 6.09.